The molecule has 2 aromatic carbocycles. The highest BCUT2D eigenvalue weighted by Crippen LogP contribution is 2.25. The van der Waals surface area contributed by atoms with Crippen LogP contribution in [0.4, 0.5) is 5.69 Å². The number of carbonyl (C=O) groups is 1. The number of anilines is 1. The summed E-state index contributed by atoms with van der Waals surface area (Å²) in [7, 11) is 6.00. The molecule has 0 saturated heterocycles. The summed E-state index contributed by atoms with van der Waals surface area (Å²) in [5, 5.41) is 3.31. The van der Waals surface area contributed by atoms with Gasteiger partial charge in [-0.2, -0.15) is 0 Å². The van der Waals surface area contributed by atoms with Crippen LogP contribution < -0.4 is 10.1 Å². The molecule has 0 spiro atoms. The number of hydrogen-bond acceptors (Lipinski definition) is 2. The smallest absolute Gasteiger partial charge is 0.255 e. The molecular weight excluding hydrogens is 336 g/mol. The van der Waals surface area contributed by atoms with Gasteiger partial charge in [0, 0.05) is 16.8 Å². The third kappa shape index (κ3) is 5.48. The van der Waals surface area contributed by atoms with Crippen molar-refractivity contribution < 1.29 is 14.0 Å². The topological polar surface area (TPSA) is 38.3 Å². The standard InChI is InChI=1S/C20H25ClN2O2/c1-5-12-23(2,3)14-15-6-9-17(10-7-15)22-20(24)16-8-11-19(25-4)18(21)13-16/h6-11,13H,5,12,14H2,1-4H3/p+1. The van der Waals surface area contributed by atoms with Gasteiger partial charge in [0.2, 0.25) is 0 Å². The molecule has 0 aliphatic heterocycles. The quantitative estimate of drug-likeness (QED) is 0.732. The summed E-state index contributed by atoms with van der Waals surface area (Å²) in [6.45, 7) is 4.30. The summed E-state index contributed by atoms with van der Waals surface area (Å²) in [6, 6.07) is 13.0. The number of halogens is 1. The number of amides is 1. The van der Waals surface area contributed by atoms with Crippen LogP contribution in [0.1, 0.15) is 29.3 Å². The van der Waals surface area contributed by atoms with Crippen molar-refractivity contribution >= 4 is 23.2 Å². The molecule has 0 saturated carbocycles. The van der Waals surface area contributed by atoms with Crippen LogP contribution in [0.5, 0.6) is 5.75 Å². The third-order valence-electron chi connectivity index (χ3n) is 4.07. The second-order valence-corrected chi connectivity index (χ2v) is 7.23. The minimum Gasteiger partial charge on any atom is -0.495 e. The maximum Gasteiger partial charge on any atom is 0.255 e. The molecule has 0 aromatic heterocycles. The SMILES string of the molecule is CCC[N+](C)(C)Cc1ccc(NC(=O)c2ccc(OC)c(Cl)c2)cc1. The Labute approximate surface area is 155 Å². The summed E-state index contributed by atoms with van der Waals surface area (Å²) in [6.07, 6.45) is 1.16. The van der Waals surface area contributed by atoms with Gasteiger partial charge in [-0.25, -0.2) is 0 Å². The Morgan fingerprint density at radius 3 is 2.40 bits per heavy atom. The molecule has 0 fully saturated rings. The highest BCUT2D eigenvalue weighted by molar-refractivity contribution is 6.32. The molecule has 25 heavy (non-hydrogen) atoms. The van der Waals surface area contributed by atoms with E-state index in [1.165, 1.54) is 5.56 Å². The summed E-state index contributed by atoms with van der Waals surface area (Å²) in [5.74, 6) is 0.356. The van der Waals surface area contributed by atoms with Gasteiger partial charge in [0.25, 0.3) is 5.91 Å². The molecule has 5 heteroatoms. The minimum atomic E-state index is -0.195. The lowest BCUT2D eigenvalue weighted by molar-refractivity contribution is -0.903. The third-order valence-corrected chi connectivity index (χ3v) is 4.36. The first kappa shape index (κ1) is 19.3. The Morgan fingerprint density at radius 1 is 1.16 bits per heavy atom. The van der Waals surface area contributed by atoms with Crippen molar-refractivity contribution in [1.29, 1.82) is 0 Å². The molecule has 2 rings (SSSR count). The molecule has 0 radical (unpaired) electrons. The number of benzene rings is 2. The van der Waals surface area contributed by atoms with E-state index >= 15 is 0 Å². The number of ether oxygens (including phenoxy) is 1. The molecule has 2 aromatic rings. The Hall–Kier alpha value is -2.04. The number of rotatable bonds is 7. The van der Waals surface area contributed by atoms with Crippen molar-refractivity contribution in [1.82, 2.24) is 0 Å². The van der Waals surface area contributed by atoms with Gasteiger partial charge in [-0.1, -0.05) is 30.7 Å². The van der Waals surface area contributed by atoms with Gasteiger partial charge in [-0.15, -0.1) is 0 Å². The highest BCUT2D eigenvalue weighted by atomic mass is 35.5. The first-order valence-corrected chi connectivity index (χ1v) is 8.78. The summed E-state index contributed by atoms with van der Waals surface area (Å²) in [5.41, 5.74) is 2.51. The maximum absolute atomic E-state index is 12.4. The van der Waals surface area contributed by atoms with E-state index in [4.69, 9.17) is 16.3 Å². The van der Waals surface area contributed by atoms with E-state index in [1.54, 1.807) is 25.3 Å². The van der Waals surface area contributed by atoms with E-state index in [0.29, 0.717) is 16.3 Å². The van der Waals surface area contributed by atoms with Gasteiger partial charge in [0.1, 0.15) is 12.3 Å². The molecule has 4 nitrogen and oxygen atoms in total. The van der Waals surface area contributed by atoms with E-state index in [0.717, 1.165) is 29.7 Å². The van der Waals surface area contributed by atoms with Crippen LogP contribution in [0.2, 0.25) is 5.02 Å². The van der Waals surface area contributed by atoms with Crippen LogP contribution in [0.15, 0.2) is 42.5 Å². The molecule has 0 aliphatic carbocycles. The van der Waals surface area contributed by atoms with E-state index in [9.17, 15) is 4.79 Å². The highest BCUT2D eigenvalue weighted by Gasteiger charge is 2.14. The predicted octanol–water partition coefficient (Wildman–Crippen LogP) is 4.59. The number of quaternary nitrogens is 1. The van der Waals surface area contributed by atoms with Crippen LogP contribution in [-0.2, 0) is 6.54 Å². The molecular formula is C20H26ClN2O2+. The minimum absolute atomic E-state index is 0.195. The molecule has 134 valence electrons. The fourth-order valence-electron chi connectivity index (χ4n) is 2.88. The molecule has 0 aliphatic rings. The molecule has 0 atom stereocenters. The van der Waals surface area contributed by atoms with Gasteiger partial charge < -0.3 is 14.5 Å². The van der Waals surface area contributed by atoms with Crippen LogP contribution in [-0.4, -0.2) is 38.1 Å². The van der Waals surface area contributed by atoms with Crippen molar-refractivity contribution in [2.24, 2.45) is 0 Å². The normalized spacial score (nSPS) is 11.2. The second kappa shape index (κ2) is 8.37. The zero-order valence-corrected chi connectivity index (χ0v) is 16.1. The molecule has 1 N–H and O–H groups in total. The molecule has 0 heterocycles. The van der Waals surface area contributed by atoms with Crippen LogP contribution >= 0.6 is 11.6 Å². The van der Waals surface area contributed by atoms with E-state index in [1.807, 2.05) is 12.1 Å². The first-order valence-electron chi connectivity index (χ1n) is 8.40. The summed E-state index contributed by atoms with van der Waals surface area (Å²) in [4.78, 5) is 12.4. The Kier molecular flexibility index (Phi) is 6.45. The lowest BCUT2D eigenvalue weighted by atomic mass is 10.1. The second-order valence-electron chi connectivity index (χ2n) is 6.82. The molecule has 0 bridgehead atoms. The average Bonchev–Trinajstić information content (AvgIpc) is 2.56. The number of nitrogens with one attached hydrogen (secondary N) is 1. The van der Waals surface area contributed by atoms with Crippen molar-refractivity contribution in [2.45, 2.75) is 19.9 Å². The fraction of sp³-hybridized carbons (Fsp3) is 0.350. The predicted molar refractivity (Wildman–Crippen MR) is 103 cm³/mol. The van der Waals surface area contributed by atoms with Gasteiger partial charge in [0.05, 0.1) is 32.8 Å². The van der Waals surface area contributed by atoms with Crippen LogP contribution in [0, 0.1) is 0 Å². The largest absolute Gasteiger partial charge is 0.495 e. The summed E-state index contributed by atoms with van der Waals surface area (Å²) < 4.78 is 6.05. The average molecular weight is 362 g/mol. The molecule has 0 unspecified atom stereocenters. The van der Waals surface area contributed by atoms with Gasteiger partial charge in [-0.05, 0) is 36.8 Å². The van der Waals surface area contributed by atoms with Gasteiger partial charge in [0.15, 0.2) is 0 Å². The van der Waals surface area contributed by atoms with Crippen LogP contribution in [0.3, 0.4) is 0 Å². The lowest BCUT2D eigenvalue weighted by Gasteiger charge is -2.29. The van der Waals surface area contributed by atoms with Crippen molar-refractivity contribution in [3.05, 3.63) is 58.6 Å². The molecule has 1 amide bonds. The van der Waals surface area contributed by atoms with Crippen molar-refractivity contribution in [2.75, 3.05) is 33.1 Å². The summed E-state index contributed by atoms with van der Waals surface area (Å²) >= 11 is 6.08. The lowest BCUT2D eigenvalue weighted by Crippen LogP contribution is -2.39. The maximum atomic E-state index is 12.4. The number of hydrogen-bond donors (Lipinski definition) is 1. The monoisotopic (exact) mass is 361 g/mol. The fourth-order valence-corrected chi connectivity index (χ4v) is 3.14. The van der Waals surface area contributed by atoms with Crippen molar-refractivity contribution in [3.8, 4) is 5.75 Å². The van der Waals surface area contributed by atoms with E-state index in [-0.39, 0.29) is 5.91 Å². The van der Waals surface area contributed by atoms with Crippen LogP contribution in [0.25, 0.3) is 0 Å². The Morgan fingerprint density at radius 2 is 1.84 bits per heavy atom. The number of nitrogens with zero attached hydrogens (tertiary/aromatic N) is 1. The zero-order valence-electron chi connectivity index (χ0n) is 15.3. The van der Waals surface area contributed by atoms with E-state index in [2.05, 4.69) is 38.5 Å². The van der Waals surface area contributed by atoms with Crippen molar-refractivity contribution in [3.63, 3.8) is 0 Å². The first-order chi connectivity index (χ1) is 11.8. The van der Waals surface area contributed by atoms with E-state index < -0.39 is 0 Å². The van der Waals surface area contributed by atoms with Gasteiger partial charge >= 0.3 is 0 Å². The number of carbonyl (C=O) groups excluding carboxylic acids is 1. The zero-order chi connectivity index (χ0) is 18.4. The Bertz CT molecular complexity index is 727. The van der Waals surface area contributed by atoms with Gasteiger partial charge in [-0.3, -0.25) is 4.79 Å². The Balaban J connectivity index is 2.03. The number of methoxy groups -OCH3 is 1.